The third-order valence-corrected chi connectivity index (χ3v) is 13.6. The fourth-order valence-electron chi connectivity index (χ4n) is 10.9. The van der Waals surface area contributed by atoms with Gasteiger partial charge in [0.1, 0.15) is 0 Å². The molecular formula is C56H48N2. The first-order chi connectivity index (χ1) is 28.3. The van der Waals surface area contributed by atoms with E-state index in [1.54, 1.807) is 0 Å². The molecule has 7 aromatic carbocycles. The van der Waals surface area contributed by atoms with Gasteiger partial charge < -0.3 is 9.30 Å². The van der Waals surface area contributed by atoms with Gasteiger partial charge in [0.2, 0.25) is 0 Å². The van der Waals surface area contributed by atoms with Gasteiger partial charge in [-0.05, 0) is 117 Å². The van der Waals surface area contributed by atoms with Crippen molar-refractivity contribution in [2.24, 2.45) is 0 Å². The van der Waals surface area contributed by atoms with Crippen molar-refractivity contribution in [2.75, 3.05) is 4.90 Å². The number of aryl methyl sites for hydroxylation is 1. The Balaban J connectivity index is 0.00000190. The van der Waals surface area contributed by atoms with Crippen LogP contribution in [0.5, 0.6) is 0 Å². The highest BCUT2D eigenvalue weighted by molar-refractivity contribution is 6.19. The quantitative estimate of drug-likeness (QED) is 0.174. The van der Waals surface area contributed by atoms with Gasteiger partial charge in [0.25, 0.3) is 0 Å². The second kappa shape index (κ2) is 12.6. The molecule has 2 nitrogen and oxygen atoms in total. The zero-order valence-corrected chi connectivity index (χ0v) is 34.3. The molecule has 2 heteroatoms. The van der Waals surface area contributed by atoms with Crippen molar-refractivity contribution in [3.8, 4) is 33.4 Å². The monoisotopic (exact) mass is 748 g/mol. The fourth-order valence-corrected chi connectivity index (χ4v) is 10.9. The minimum atomic E-state index is -0.0550. The molecule has 0 radical (unpaired) electrons. The van der Waals surface area contributed by atoms with E-state index in [2.05, 4.69) is 195 Å². The molecule has 12 rings (SSSR count). The van der Waals surface area contributed by atoms with Crippen molar-refractivity contribution in [1.82, 2.24) is 4.40 Å². The topological polar surface area (TPSA) is 7.65 Å². The normalized spacial score (nSPS) is 15.1. The number of nitrogens with zero attached hydrogens (tertiary/aromatic N) is 2. The van der Waals surface area contributed by atoms with Crippen LogP contribution in [0.3, 0.4) is 0 Å². The number of rotatable bonds is 4. The summed E-state index contributed by atoms with van der Waals surface area (Å²) < 4.78 is 2.57. The van der Waals surface area contributed by atoms with Gasteiger partial charge in [0.05, 0.1) is 16.7 Å². The van der Waals surface area contributed by atoms with Crippen molar-refractivity contribution in [1.29, 1.82) is 0 Å². The van der Waals surface area contributed by atoms with Crippen LogP contribution < -0.4 is 4.90 Å². The molecule has 0 saturated heterocycles. The van der Waals surface area contributed by atoms with E-state index < -0.39 is 0 Å². The van der Waals surface area contributed by atoms with Crippen molar-refractivity contribution in [3.05, 3.63) is 185 Å². The molecule has 3 aliphatic carbocycles. The van der Waals surface area contributed by atoms with Crippen LogP contribution in [0.1, 0.15) is 81.5 Å². The van der Waals surface area contributed by atoms with Gasteiger partial charge in [0, 0.05) is 44.1 Å². The van der Waals surface area contributed by atoms with E-state index in [0.717, 1.165) is 18.5 Å². The number of allylic oxidation sites excluding steroid dienone is 1. The summed E-state index contributed by atoms with van der Waals surface area (Å²) in [5.41, 5.74) is 22.3. The molecule has 58 heavy (non-hydrogen) atoms. The van der Waals surface area contributed by atoms with Gasteiger partial charge in [-0.25, -0.2) is 0 Å². The van der Waals surface area contributed by atoms with E-state index in [9.17, 15) is 0 Å². The maximum atomic E-state index is 2.57. The molecule has 0 fully saturated rings. The van der Waals surface area contributed by atoms with Crippen LogP contribution in [0.25, 0.3) is 66.6 Å². The second-order valence-electron chi connectivity index (χ2n) is 17.2. The Morgan fingerprint density at radius 1 is 0.483 bits per heavy atom. The van der Waals surface area contributed by atoms with Gasteiger partial charge >= 0.3 is 0 Å². The minimum absolute atomic E-state index is 0.0387. The molecule has 0 N–H and O–H groups in total. The highest BCUT2D eigenvalue weighted by Gasteiger charge is 2.37. The van der Waals surface area contributed by atoms with Crippen molar-refractivity contribution >= 4 is 50.3 Å². The van der Waals surface area contributed by atoms with Crippen LogP contribution in [-0.2, 0) is 17.3 Å². The average Bonchev–Trinajstić information content (AvgIpc) is 3.93. The summed E-state index contributed by atoms with van der Waals surface area (Å²) in [6.07, 6.45) is 6.87. The zero-order valence-electron chi connectivity index (χ0n) is 34.3. The summed E-state index contributed by atoms with van der Waals surface area (Å²) in [5.74, 6) is 0. The first-order valence-corrected chi connectivity index (χ1v) is 21.2. The third-order valence-electron chi connectivity index (χ3n) is 13.6. The van der Waals surface area contributed by atoms with Gasteiger partial charge in [-0.1, -0.05) is 157 Å². The predicted molar refractivity (Wildman–Crippen MR) is 248 cm³/mol. The maximum Gasteiger partial charge on any atom is 0.0782 e. The van der Waals surface area contributed by atoms with E-state index in [4.69, 9.17) is 0 Å². The summed E-state index contributed by atoms with van der Waals surface area (Å²) >= 11 is 0. The highest BCUT2D eigenvalue weighted by atomic mass is 15.2. The molecule has 0 bridgehead atoms. The standard InChI is InChI=1S/C54H42N2.C2H6/c1-53(2)46-20-9-6-14-38(46)44-32-36(28-30-47(44)53)55(50-22-12-18-43-42-17-11-16-41-40-15-7-10-21-49(40)56(51(41)42)52(43)50)35-26-23-33(24-27-35)34-25-29-39-37-13-5-8-19-45(37)54(3,4)48(39)31-34;1-2/h5-6,8-14,16-32H,7,15H2,1-4H3;1-2H3. The Morgan fingerprint density at radius 2 is 1.07 bits per heavy atom. The molecule has 282 valence electrons. The lowest BCUT2D eigenvalue weighted by molar-refractivity contribution is 0.660. The van der Waals surface area contributed by atoms with Crippen molar-refractivity contribution < 1.29 is 0 Å². The highest BCUT2D eigenvalue weighted by Crippen LogP contribution is 2.53. The number of aromatic nitrogens is 1. The van der Waals surface area contributed by atoms with E-state index in [1.165, 1.54) is 105 Å². The molecule has 0 amide bonds. The van der Waals surface area contributed by atoms with Crippen molar-refractivity contribution in [3.63, 3.8) is 0 Å². The Hall–Kier alpha value is -6.38. The number of para-hydroxylation sites is 2. The Morgan fingerprint density at radius 3 is 1.83 bits per heavy atom. The Labute approximate surface area is 342 Å². The van der Waals surface area contributed by atoms with Crippen LogP contribution >= 0.6 is 0 Å². The summed E-state index contributed by atoms with van der Waals surface area (Å²) in [6.45, 7) is 13.4. The molecule has 9 aromatic rings. The first-order valence-electron chi connectivity index (χ1n) is 21.2. The summed E-state index contributed by atoms with van der Waals surface area (Å²) in [7, 11) is 0. The smallest absolute Gasteiger partial charge is 0.0782 e. The molecule has 0 saturated carbocycles. The number of hydrogen-bond acceptors (Lipinski definition) is 1. The molecule has 2 heterocycles. The lowest BCUT2D eigenvalue weighted by Gasteiger charge is -2.28. The largest absolute Gasteiger partial charge is 0.308 e. The van der Waals surface area contributed by atoms with E-state index >= 15 is 0 Å². The van der Waals surface area contributed by atoms with E-state index in [0.29, 0.717) is 0 Å². The second-order valence-corrected chi connectivity index (χ2v) is 17.2. The molecule has 0 aliphatic heterocycles. The van der Waals surface area contributed by atoms with Crippen LogP contribution in [0.15, 0.2) is 152 Å². The number of benzene rings is 7. The van der Waals surface area contributed by atoms with Gasteiger partial charge in [-0.2, -0.15) is 0 Å². The minimum Gasteiger partial charge on any atom is -0.308 e. The fraction of sp³-hybridized carbons (Fsp3) is 0.179. The van der Waals surface area contributed by atoms with Crippen LogP contribution in [0, 0.1) is 0 Å². The number of fused-ring (bicyclic) bond motifs is 12. The predicted octanol–water partition coefficient (Wildman–Crippen LogP) is 15.4. The summed E-state index contributed by atoms with van der Waals surface area (Å²) in [5, 5.41) is 4.00. The number of hydrogen-bond donors (Lipinski definition) is 0. The lowest BCUT2D eigenvalue weighted by atomic mass is 9.81. The summed E-state index contributed by atoms with van der Waals surface area (Å²) in [6, 6.07) is 55.2. The van der Waals surface area contributed by atoms with Crippen LogP contribution in [0.2, 0.25) is 0 Å². The molecular weight excluding hydrogens is 701 g/mol. The lowest BCUT2D eigenvalue weighted by Crippen LogP contribution is -2.15. The molecule has 0 spiro atoms. The Bertz CT molecular complexity index is 3130. The SMILES string of the molecule is CC.CC1(C)c2ccccc2-c2cc(N(c3ccc(-c4ccc5c(c4)C(C)(C)c4ccccc4-5)cc3)c3cccc4c5cccc6c7c(n(c34)c65)C=CCC7)ccc21. The van der Waals surface area contributed by atoms with Gasteiger partial charge in [-0.15, -0.1) is 0 Å². The molecule has 3 aliphatic rings. The molecule has 0 atom stereocenters. The Kier molecular flexibility index (Phi) is 7.54. The third kappa shape index (κ3) is 4.66. The van der Waals surface area contributed by atoms with Crippen molar-refractivity contribution in [2.45, 2.75) is 65.2 Å². The van der Waals surface area contributed by atoms with Gasteiger partial charge in [0.15, 0.2) is 0 Å². The maximum absolute atomic E-state index is 2.57. The van der Waals surface area contributed by atoms with Gasteiger partial charge in [-0.3, -0.25) is 0 Å². The van der Waals surface area contributed by atoms with E-state index in [-0.39, 0.29) is 10.8 Å². The first kappa shape index (κ1) is 34.8. The van der Waals surface area contributed by atoms with E-state index in [1.807, 2.05) is 13.8 Å². The van der Waals surface area contributed by atoms with Crippen LogP contribution in [0.4, 0.5) is 17.1 Å². The molecule has 0 unspecified atom stereocenters. The average molecular weight is 749 g/mol. The summed E-state index contributed by atoms with van der Waals surface area (Å²) in [4.78, 5) is 2.51. The zero-order chi connectivity index (χ0) is 39.5. The number of anilines is 3. The van der Waals surface area contributed by atoms with Crippen LogP contribution in [-0.4, -0.2) is 4.40 Å². The molecule has 2 aromatic heterocycles.